The Kier molecular flexibility index (Phi) is 6.25. The van der Waals surface area contributed by atoms with E-state index < -0.39 is 11.5 Å². The summed E-state index contributed by atoms with van der Waals surface area (Å²) in [5.41, 5.74) is 2.40. The molecule has 4 aromatic rings. The monoisotopic (exact) mass is 516 g/mol. The summed E-state index contributed by atoms with van der Waals surface area (Å²) >= 11 is 0. The predicted octanol–water partition coefficient (Wildman–Crippen LogP) is 3.91. The fourth-order valence-corrected chi connectivity index (χ4v) is 5.21. The lowest BCUT2D eigenvalue weighted by atomic mass is 9.95. The van der Waals surface area contributed by atoms with Gasteiger partial charge in [0.2, 0.25) is 5.89 Å². The van der Waals surface area contributed by atoms with Gasteiger partial charge >= 0.3 is 0 Å². The lowest BCUT2D eigenvalue weighted by Gasteiger charge is -2.41. The van der Waals surface area contributed by atoms with Gasteiger partial charge in [-0.1, -0.05) is 0 Å². The average molecular weight is 517 g/mol. The van der Waals surface area contributed by atoms with Crippen LogP contribution >= 0.6 is 0 Å². The van der Waals surface area contributed by atoms with Crippen molar-refractivity contribution in [3.63, 3.8) is 0 Å². The zero-order valence-electron chi connectivity index (χ0n) is 21.8. The number of fused-ring (bicyclic) bond motifs is 1. The summed E-state index contributed by atoms with van der Waals surface area (Å²) in [4.78, 5) is 24.2. The van der Waals surface area contributed by atoms with Gasteiger partial charge in [0.05, 0.1) is 36.4 Å². The zero-order valence-corrected chi connectivity index (χ0v) is 21.8. The molecule has 2 aliphatic heterocycles. The zero-order chi connectivity index (χ0) is 26.4. The number of likely N-dealkylation sites (tertiary alicyclic amines) is 1. The van der Waals surface area contributed by atoms with E-state index in [1.54, 1.807) is 26.1 Å². The van der Waals surface area contributed by atoms with E-state index in [4.69, 9.17) is 14.3 Å². The summed E-state index contributed by atoms with van der Waals surface area (Å²) in [5.74, 6) is -0.0775. The minimum Gasteiger partial charge on any atom is -0.444 e. The molecule has 38 heavy (non-hydrogen) atoms. The Balaban J connectivity index is 1.24. The highest BCUT2D eigenvalue weighted by molar-refractivity contribution is 6.04. The van der Waals surface area contributed by atoms with Gasteiger partial charge in [-0.2, -0.15) is 5.10 Å². The van der Waals surface area contributed by atoms with Crippen molar-refractivity contribution in [3.8, 4) is 11.5 Å². The van der Waals surface area contributed by atoms with E-state index >= 15 is 0 Å². The molecule has 1 aromatic carbocycles. The summed E-state index contributed by atoms with van der Waals surface area (Å²) in [7, 11) is 0. The number of oxazole rings is 1. The van der Waals surface area contributed by atoms with Crippen molar-refractivity contribution in [2.45, 2.75) is 51.3 Å². The number of hydrogen-bond donors (Lipinski definition) is 2. The van der Waals surface area contributed by atoms with Gasteiger partial charge in [-0.25, -0.2) is 4.98 Å². The Labute approximate surface area is 220 Å². The third-order valence-electron chi connectivity index (χ3n) is 7.46. The van der Waals surface area contributed by atoms with Crippen LogP contribution in [0.25, 0.3) is 22.4 Å². The molecule has 0 radical (unpaired) electrons. The van der Waals surface area contributed by atoms with Gasteiger partial charge in [0.25, 0.3) is 5.91 Å². The third kappa shape index (κ3) is 4.82. The Morgan fingerprint density at radius 2 is 1.95 bits per heavy atom. The molecule has 198 valence electrons. The van der Waals surface area contributed by atoms with E-state index in [9.17, 15) is 9.90 Å². The summed E-state index contributed by atoms with van der Waals surface area (Å²) in [6.07, 6.45) is 7.09. The number of hydrogen-bond acceptors (Lipinski definition) is 8. The molecule has 1 amide bonds. The molecule has 0 saturated carbocycles. The summed E-state index contributed by atoms with van der Waals surface area (Å²) in [6, 6.07) is 8.23. The Bertz CT molecular complexity index is 1470. The molecule has 2 fully saturated rings. The number of nitrogens with zero attached hydrogens (tertiary/aromatic N) is 5. The van der Waals surface area contributed by atoms with E-state index in [2.05, 4.69) is 20.2 Å². The van der Waals surface area contributed by atoms with Crippen molar-refractivity contribution in [1.82, 2.24) is 24.6 Å². The van der Waals surface area contributed by atoms with Crippen molar-refractivity contribution >= 4 is 22.5 Å². The van der Waals surface area contributed by atoms with E-state index in [-0.39, 0.29) is 5.69 Å². The van der Waals surface area contributed by atoms with Crippen LogP contribution in [0.15, 0.2) is 47.3 Å². The topological polar surface area (TPSA) is 119 Å². The number of rotatable bonds is 6. The van der Waals surface area contributed by atoms with E-state index in [0.717, 1.165) is 61.3 Å². The summed E-state index contributed by atoms with van der Waals surface area (Å²) < 4.78 is 13.0. The molecule has 10 heteroatoms. The molecule has 3 aromatic heterocycles. The van der Waals surface area contributed by atoms with Crippen LogP contribution in [-0.2, 0) is 10.3 Å². The average Bonchev–Trinajstić information content (AvgIpc) is 3.50. The van der Waals surface area contributed by atoms with E-state index in [1.807, 2.05) is 36.0 Å². The van der Waals surface area contributed by atoms with E-state index in [0.29, 0.717) is 29.2 Å². The second-order valence-corrected chi connectivity index (χ2v) is 10.8. The highest BCUT2D eigenvalue weighted by Gasteiger charge is 2.31. The summed E-state index contributed by atoms with van der Waals surface area (Å²) in [5, 5.41) is 19.6. The number of carbonyl (C=O) groups excluding carboxylic acids is 1. The number of carbonyl (C=O) groups is 1. The first-order chi connectivity index (χ1) is 18.2. The van der Waals surface area contributed by atoms with Crippen LogP contribution in [0.2, 0.25) is 0 Å². The first-order valence-corrected chi connectivity index (χ1v) is 13.0. The fraction of sp³-hybridized carbons (Fsp3) is 0.429. The molecule has 0 bridgehead atoms. The van der Waals surface area contributed by atoms with Crippen molar-refractivity contribution in [1.29, 1.82) is 0 Å². The number of aryl methyl sites for hydroxylation is 1. The lowest BCUT2D eigenvalue weighted by molar-refractivity contribution is -0.0734. The fourth-order valence-electron chi connectivity index (χ4n) is 5.21. The molecule has 2 N–H and O–H groups in total. The first-order valence-electron chi connectivity index (χ1n) is 13.0. The number of aliphatic hydroxyl groups is 1. The van der Waals surface area contributed by atoms with E-state index in [1.165, 1.54) is 6.26 Å². The molecule has 0 unspecified atom stereocenters. The largest absolute Gasteiger partial charge is 0.444 e. The maximum atomic E-state index is 13.1. The predicted molar refractivity (Wildman–Crippen MR) is 142 cm³/mol. The van der Waals surface area contributed by atoms with Crippen LogP contribution in [0.5, 0.6) is 0 Å². The molecular formula is C28H32N6O4. The van der Waals surface area contributed by atoms with Gasteiger partial charge in [-0.3, -0.25) is 19.4 Å². The van der Waals surface area contributed by atoms with Crippen molar-refractivity contribution in [2.24, 2.45) is 0 Å². The smallest absolute Gasteiger partial charge is 0.277 e. The molecule has 0 atom stereocenters. The number of amides is 1. The van der Waals surface area contributed by atoms with Crippen molar-refractivity contribution < 1.29 is 19.1 Å². The second kappa shape index (κ2) is 9.61. The number of anilines is 1. The van der Waals surface area contributed by atoms with Crippen LogP contribution in [0.3, 0.4) is 0 Å². The molecule has 2 aliphatic rings. The van der Waals surface area contributed by atoms with Gasteiger partial charge in [0.15, 0.2) is 5.69 Å². The summed E-state index contributed by atoms with van der Waals surface area (Å²) in [6.45, 7) is 9.01. The van der Waals surface area contributed by atoms with Gasteiger partial charge in [-0.15, -0.1) is 0 Å². The molecular weight excluding hydrogens is 484 g/mol. The first kappa shape index (κ1) is 24.7. The number of benzene rings is 1. The lowest BCUT2D eigenvalue weighted by Crippen LogP contribution is -2.51. The van der Waals surface area contributed by atoms with Crippen LogP contribution < -0.4 is 5.32 Å². The standard InChI is InChI=1S/C28H32N6O4/c1-17-10-18(4-7-29-17)27-31-25(16-38-27)26(35)30-24-11-19-13-34(32-23(19)12-22(24)28(2,3)36)20-5-8-33(9-6-20)21-14-37-15-21/h4,7,10-13,16,20-21,36H,5-6,8-9,14-15H2,1-3H3,(H,30,35). The van der Waals surface area contributed by atoms with Gasteiger partial charge in [-0.05, 0) is 57.9 Å². The number of aromatic nitrogens is 4. The minimum absolute atomic E-state index is 0.149. The quantitative estimate of drug-likeness (QED) is 0.396. The number of ether oxygens (including phenoxy) is 1. The van der Waals surface area contributed by atoms with Crippen LogP contribution in [0.4, 0.5) is 5.69 Å². The molecule has 5 heterocycles. The Hall–Kier alpha value is -3.60. The minimum atomic E-state index is -1.19. The maximum absolute atomic E-state index is 13.1. The number of piperidine rings is 1. The molecule has 0 aliphatic carbocycles. The van der Waals surface area contributed by atoms with Crippen molar-refractivity contribution in [3.05, 3.63) is 59.9 Å². The molecule has 0 spiro atoms. The molecule has 10 nitrogen and oxygen atoms in total. The normalized spacial score (nSPS) is 17.6. The van der Waals surface area contributed by atoms with Crippen molar-refractivity contribution in [2.75, 3.05) is 31.6 Å². The number of nitrogens with one attached hydrogen (secondary N) is 1. The highest BCUT2D eigenvalue weighted by Crippen LogP contribution is 2.34. The van der Waals surface area contributed by atoms with Gasteiger partial charge in [0, 0.05) is 53.4 Å². The number of pyridine rings is 1. The third-order valence-corrected chi connectivity index (χ3v) is 7.46. The van der Waals surface area contributed by atoms with Crippen LogP contribution in [0, 0.1) is 6.92 Å². The second-order valence-electron chi connectivity index (χ2n) is 10.8. The molecule has 6 rings (SSSR count). The Morgan fingerprint density at radius 1 is 1.16 bits per heavy atom. The Morgan fingerprint density at radius 3 is 2.63 bits per heavy atom. The molecule has 2 saturated heterocycles. The van der Waals surface area contributed by atoms with Gasteiger partial charge in [0.1, 0.15) is 6.26 Å². The highest BCUT2D eigenvalue weighted by atomic mass is 16.5. The van der Waals surface area contributed by atoms with Gasteiger partial charge < -0.3 is 19.6 Å². The van der Waals surface area contributed by atoms with Crippen LogP contribution in [0.1, 0.15) is 54.5 Å². The maximum Gasteiger partial charge on any atom is 0.277 e. The van der Waals surface area contributed by atoms with Crippen LogP contribution in [-0.4, -0.2) is 68.0 Å². The SMILES string of the molecule is Cc1cc(-c2nc(C(=O)Nc3cc4cn(C5CCN(C6COC6)CC5)nc4cc3C(C)(C)O)co2)ccn1.